The van der Waals surface area contributed by atoms with Crippen molar-refractivity contribution in [3.63, 3.8) is 0 Å². The van der Waals surface area contributed by atoms with Crippen LogP contribution in [0.25, 0.3) is 0 Å². The number of aromatic nitrogens is 2. The first-order valence-electron chi connectivity index (χ1n) is 6.92. The van der Waals surface area contributed by atoms with Crippen LogP contribution < -0.4 is 5.32 Å². The van der Waals surface area contributed by atoms with Gasteiger partial charge in [0.2, 0.25) is 0 Å². The van der Waals surface area contributed by atoms with Crippen LogP contribution in [0.5, 0.6) is 0 Å². The van der Waals surface area contributed by atoms with Gasteiger partial charge in [0.1, 0.15) is 0 Å². The molecule has 1 unspecified atom stereocenters. The van der Waals surface area contributed by atoms with Crippen LogP contribution in [-0.4, -0.2) is 16.5 Å². The highest BCUT2D eigenvalue weighted by atomic mass is 35.5. The summed E-state index contributed by atoms with van der Waals surface area (Å²) in [6, 6.07) is 3.97. The lowest BCUT2D eigenvalue weighted by Gasteiger charge is -2.18. The monoisotopic (exact) mass is 287 g/mol. The van der Waals surface area contributed by atoms with Crippen LogP contribution >= 0.6 is 11.6 Å². The van der Waals surface area contributed by atoms with Gasteiger partial charge >= 0.3 is 0 Å². The Bertz CT molecular complexity index is 626. The molecular formula is C16H18ClN3. The third-order valence-electron chi connectivity index (χ3n) is 3.76. The van der Waals surface area contributed by atoms with Crippen molar-refractivity contribution < 1.29 is 0 Å². The van der Waals surface area contributed by atoms with Crippen molar-refractivity contribution in [3.05, 3.63) is 64.4 Å². The number of aromatic amines is 1. The molecule has 0 bridgehead atoms. The standard InChI is InChI=1S/C16H18ClN3/c1-11-8-15(17)14(5-6-18-10-20-11)12-2-3-16-13(9-12)4-7-19-16/h3,5-6,8-10,12,19H,2,4,7H2,1H3,(H,18,20). The molecule has 1 aromatic heterocycles. The number of nitrogens with zero attached hydrogens (tertiary/aromatic N) is 1. The van der Waals surface area contributed by atoms with Crippen molar-refractivity contribution in [1.29, 1.82) is 0 Å². The Morgan fingerprint density at radius 1 is 1.40 bits per heavy atom. The molecule has 0 aromatic carbocycles. The summed E-state index contributed by atoms with van der Waals surface area (Å²) in [7, 11) is 0. The Labute approximate surface area is 124 Å². The van der Waals surface area contributed by atoms with Crippen LogP contribution in [0.15, 0.2) is 48.1 Å². The minimum Gasteiger partial charge on any atom is -0.385 e. The Morgan fingerprint density at radius 3 is 3.20 bits per heavy atom. The first kappa shape index (κ1) is 13.3. The summed E-state index contributed by atoms with van der Waals surface area (Å²) in [5, 5.41) is 4.19. The smallest absolute Gasteiger partial charge is 0.0920 e. The molecule has 2 N–H and O–H groups in total. The summed E-state index contributed by atoms with van der Waals surface area (Å²) >= 11 is 6.49. The number of halogens is 1. The number of nitrogens with one attached hydrogen (secondary N) is 2. The van der Waals surface area contributed by atoms with Gasteiger partial charge in [-0.25, -0.2) is 4.98 Å². The van der Waals surface area contributed by atoms with Gasteiger partial charge in [0, 0.05) is 35.1 Å². The van der Waals surface area contributed by atoms with Crippen LogP contribution in [0.2, 0.25) is 5.02 Å². The van der Waals surface area contributed by atoms with Crippen LogP contribution in [0.3, 0.4) is 0 Å². The molecule has 1 atom stereocenters. The Kier molecular flexibility index (Phi) is 3.79. The maximum absolute atomic E-state index is 6.49. The third-order valence-corrected chi connectivity index (χ3v) is 4.09. The number of H-pyrrole nitrogens is 1. The molecule has 1 fully saturated rings. The number of fused-ring (bicyclic) bond motifs is 1. The molecule has 2 aliphatic rings. The second-order valence-electron chi connectivity index (χ2n) is 5.20. The fourth-order valence-corrected chi connectivity index (χ4v) is 3.10. The second-order valence-corrected chi connectivity index (χ2v) is 5.60. The van der Waals surface area contributed by atoms with Crippen LogP contribution in [-0.2, 0) is 0 Å². The molecule has 3 rings (SSSR count). The quantitative estimate of drug-likeness (QED) is 0.825. The minimum atomic E-state index is 0.328. The summed E-state index contributed by atoms with van der Waals surface area (Å²) in [4.78, 5) is 7.27. The number of allylic oxidation sites excluding steroid dienone is 3. The number of rotatable bonds is 1. The predicted octanol–water partition coefficient (Wildman–Crippen LogP) is 3.79. The summed E-state index contributed by atoms with van der Waals surface area (Å²) in [5.41, 5.74) is 4.83. The normalized spacial score (nSPS) is 20.4. The topological polar surface area (TPSA) is 40.7 Å². The van der Waals surface area contributed by atoms with Gasteiger partial charge in [0.25, 0.3) is 0 Å². The summed E-state index contributed by atoms with van der Waals surface area (Å²) < 4.78 is 0. The zero-order valence-electron chi connectivity index (χ0n) is 11.5. The van der Waals surface area contributed by atoms with Gasteiger partial charge in [-0.2, -0.15) is 0 Å². The number of aryl methyl sites for hydroxylation is 1. The van der Waals surface area contributed by atoms with Crippen molar-refractivity contribution in [3.8, 4) is 0 Å². The van der Waals surface area contributed by atoms with E-state index in [1.165, 1.54) is 11.3 Å². The molecule has 1 aliphatic heterocycles. The minimum absolute atomic E-state index is 0.328. The molecule has 0 spiro atoms. The largest absolute Gasteiger partial charge is 0.385 e. The number of hydrogen-bond donors (Lipinski definition) is 2. The Balaban J connectivity index is 2.03. The van der Waals surface area contributed by atoms with E-state index in [9.17, 15) is 0 Å². The molecule has 0 amide bonds. The van der Waals surface area contributed by atoms with Gasteiger partial charge < -0.3 is 10.3 Å². The summed E-state index contributed by atoms with van der Waals surface area (Å²) in [5.74, 6) is 0.328. The van der Waals surface area contributed by atoms with Crippen LogP contribution in [0, 0.1) is 6.92 Å². The summed E-state index contributed by atoms with van der Waals surface area (Å²) in [6.45, 7) is 3.02. The third kappa shape index (κ3) is 2.73. The molecular weight excluding hydrogens is 270 g/mol. The molecule has 0 saturated carbocycles. The van der Waals surface area contributed by atoms with E-state index in [2.05, 4.69) is 27.4 Å². The van der Waals surface area contributed by atoms with Gasteiger partial charge in [-0.1, -0.05) is 23.8 Å². The van der Waals surface area contributed by atoms with E-state index in [-0.39, 0.29) is 0 Å². The van der Waals surface area contributed by atoms with E-state index < -0.39 is 0 Å². The SMILES string of the molecule is Cc1cc(Cl)c(C2C=C3CCNC3=CC2)ccnc[nH]1. The first-order valence-corrected chi connectivity index (χ1v) is 7.29. The molecule has 0 radical (unpaired) electrons. The van der Waals surface area contributed by atoms with E-state index >= 15 is 0 Å². The van der Waals surface area contributed by atoms with Crippen molar-refractivity contribution in [2.24, 2.45) is 0 Å². The second kappa shape index (κ2) is 5.71. The van der Waals surface area contributed by atoms with Crippen molar-refractivity contribution >= 4 is 11.6 Å². The van der Waals surface area contributed by atoms with Gasteiger partial charge in [0.15, 0.2) is 0 Å². The van der Waals surface area contributed by atoms with Gasteiger partial charge in [-0.15, -0.1) is 0 Å². The lowest BCUT2D eigenvalue weighted by molar-refractivity contribution is 0.825. The maximum atomic E-state index is 6.49. The highest BCUT2D eigenvalue weighted by Crippen LogP contribution is 2.35. The van der Waals surface area contributed by atoms with E-state index in [0.717, 1.165) is 35.7 Å². The average Bonchev–Trinajstić information content (AvgIpc) is 2.90. The highest BCUT2D eigenvalue weighted by molar-refractivity contribution is 6.31. The lowest BCUT2D eigenvalue weighted by atomic mass is 9.89. The fraction of sp³-hybridized carbons (Fsp3) is 0.312. The van der Waals surface area contributed by atoms with Crippen LogP contribution in [0.4, 0.5) is 0 Å². The van der Waals surface area contributed by atoms with Gasteiger partial charge in [-0.3, -0.25) is 0 Å². The molecule has 1 aromatic rings. The van der Waals surface area contributed by atoms with Crippen molar-refractivity contribution in [2.75, 3.05) is 6.54 Å². The molecule has 2 heterocycles. The van der Waals surface area contributed by atoms with E-state index in [1.54, 1.807) is 12.5 Å². The highest BCUT2D eigenvalue weighted by Gasteiger charge is 2.21. The van der Waals surface area contributed by atoms with Crippen molar-refractivity contribution in [2.45, 2.75) is 25.7 Å². The Hall–Kier alpha value is -1.74. The molecule has 1 saturated heterocycles. The van der Waals surface area contributed by atoms with Crippen molar-refractivity contribution in [1.82, 2.24) is 15.3 Å². The van der Waals surface area contributed by atoms with E-state index in [1.807, 2.05) is 19.1 Å². The first-order chi connectivity index (χ1) is 9.74. The molecule has 4 heteroatoms. The molecule has 20 heavy (non-hydrogen) atoms. The summed E-state index contributed by atoms with van der Waals surface area (Å²) in [6.07, 6.45) is 10.2. The molecule has 3 nitrogen and oxygen atoms in total. The van der Waals surface area contributed by atoms with Gasteiger partial charge in [0.05, 0.1) is 6.33 Å². The van der Waals surface area contributed by atoms with Crippen LogP contribution in [0.1, 0.15) is 30.0 Å². The number of hydrogen-bond acceptors (Lipinski definition) is 2. The maximum Gasteiger partial charge on any atom is 0.0920 e. The van der Waals surface area contributed by atoms with E-state index in [4.69, 9.17) is 11.6 Å². The Morgan fingerprint density at radius 2 is 2.30 bits per heavy atom. The molecule has 104 valence electrons. The van der Waals surface area contributed by atoms with E-state index in [0.29, 0.717) is 5.92 Å². The van der Waals surface area contributed by atoms with Gasteiger partial charge in [-0.05, 0) is 43.0 Å². The zero-order chi connectivity index (χ0) is 13.9. The predicted molar refractivity (Wildman–Crippen MR) is 82.1 cm³/mol. The lowest BCUT2D eigenvalue weighted by Crippen LogP contribution is -2.08. The molecule has 1 aliphatic carbocycles. The zero-order valence-corrected chi connectivity index (χ0v) is 12.2. The average molecular weight is 288 g/mol. The fourth-order valence-electron chi connectivity index (χ4n) is 2.73.